The predicted octanol–water partition coefficient (Wildman–Crippen LogP) is 2.88. The first-order valence-electron chi connectivity index (χ1n) is 5.98. The number of benzene rings is 1. The quantitative estimate of drug-likeness (QED) is 0.598. The van der Waals surface area contributed by atoms with Crippen LogP contribution in [0.3, 0.4) is 0 Å². The van der Waals surface area contributed by atoms with E-state index in [2.05, 4.69) is 4.74 Å². The highest BCUT2D eigenvalue weighted by Crippen LogP contribution is 2.47. The molecule has 1 N–H and O–H groups in total. The Morgan fingerprint density at radius 1 is 0.917 bits per heavy atom. The number of carboxylic acid groups (broad SMARTS) is 1. The minimum atomic E-state index is -6.46. The van der Waals surface area contributed by atoms with Gasteiger partial charge in [0.05, 0.1) is 14.2 Å². The van der Waals surface area contributed by atoms with E-state index in [1.165, 1.54) is 0 Å². The van der Waals surface area contributed by atoms with Crippen LogP contribution in [-0.2, 0) is 4.79 Å². The highest BCUT2D eigenvalue weighted by Gasteiger charge is 2.78. The van der Waals surface area contributed by atoms with E-state index < -0.39 is 35.1 Å². The van der Waals surface area contributed by atoms with Crippen molar-refractivity contribution in [1.29, 1.82) is 0 Å². The zero-order chi connectivity index (χ0) is 18.9. The first kappa shape index (κ1) is 19.6. The van der Waals surface area contributed by atoms with E-state index in [9.17, 15) is 35.9 Å². The van der Waals surface area contributed by atoms with E-state index in [0.717, 1.165) is 20.3 Å². The summed E-state index contributed by atoms with van der Waals surface area (Å²) >= 11 is 0. The summed E-state index contributed by atoms with van der Waals surface area (Å²) in [6.45, 7) is 0. The molecule has 5 nitrogen and oxygen atoms in total. The topological polar surface area (TPSA) is 72.8 Å². The Morgan fingerprint density at radius 2 is 1.42 bits per heavy atom. The molecule has 0 saturated heterocycles. The third-order valence-corrected chi connectivity index (χ3v) is 2.99. The van der Waals surface area contributed by atoms with Crippen LogP contribution in [-0.4, -0.2) is 48.8 Å². The summed E-state index contributed by atoms with van der Waals surface area (Å²) in [5.41, 5.74) is -1.10. The molecular formula is C13H10F6O5. The lowest BCUT2D eigenvalue weighted by Crippen LogP contribution is -2.60. The number of hydrogen-bond donors (Lipinski definition) is 1. The van der Waals surface area contributed by atoms with E-state index in [0.29, 0.717) is 12.1 Å². The lowest BCUT2D eigenvalue weighted by molar-refractivity contribution is -0.285. The molecule has 0 amide bonds. The second kappa shape index (κ2) is 6.21. The van der Waals surface area contributed by atoms with Gasteiger partial charge in [-0.15, -0.1) is 0 Å². The molecule has 0 spiro atoms. The highest BCUT2D eigenvalue weighted by atomic mass is 19.3. The van der Waals surface area contributed by atoms with Crippen molar-refractivity contribution in [3.05, 3.63) is 23.8 Å². The van der Waals surface area contributed by atoms with E-state index >= 15 is 0 Å². The molecule has 0 aliphatic carbocycles. The molecule has 134 valence electrons. The molecule has 0 aromatic heterocycles. The molecule has 0 saturated carbocycles. The molecule has 0 radical (unpaired) electrons. The molecule has 0 aliphatic heterocycles. The van der Waals surface area contributed by atoms with Crippen LogP contribution in [0.5, 0.6) is 11.5 Å². The van der Waals surface area contributed by atoms with Gasteiger partial charge < -0.3 is 14.6 Å². The van der Waals surface area contributed by atoms with Crippen molar-refractivity contribution in [1.82, 2.24) is 0 Å². The van der Waals surface area contributed by atoms with Crippen molar-refractivity contribution in [3.63, 3.8) is 0 Å². The Morgan fingerprint density at radius 3 is 1.83 bits per heavy atom. The number of ketones is 1. The Labute approximate surface area is 130 Å². The first-order valence-corrected chi connectivity index (χ1v) is 5.98. The zero-order valence-corrected chi connectivity index (χ0v) is 12.1. The normalized spacial score (nSPS) is 12.7. The fraction of sp³-hybridized carbons (Fsp3) is 0.385. The summed E-state index contributed by atoms with van der Waals surface area (Å²) in [6, 6.07) is 2.10. The van der Waals surface area contributed by atoms with Crippen molar-refractivity contribution >= 4 is 11.8 Å². The number of halogens is 6. The van der Waals surface area contributed by atoms with Gasteiger partial charge in [0.2, 0.25) is 5.78 Å². The van der Waals surface area contributed by atoms with Gasteiger partial charge in [0.15, 0.2) is 11.5 Å². The number of rotatable bonds is 7. The fourth-order valence-corrected chi connectivity index (χ4v) is 1.63. The van der Waals surface area contributed by atoms with Gasteiger partial charge in [-0.2, -0.15) is 26.3 Å². The van der Waals surface area contributed by atoms with Crippen molar-refractivity contribution in [3.8, 4) is 11.5 Å². The maximum absolute atomic E-state index is 13.6. The van der Waals surface area contributed by atoms with Crippen molar-refractivity contribution < 1.29 is 50.5 Å². The first-order chi connectivity index (χ1) is 10.8. The molecule has 1 aromatic rings. The number of alkyl halides is 6. The molecule has 0 bridgehead atoms. The van der Waals surface area contributed by atoms with Gasteiger partial charge in [0, 0.05) is 5.56 Å². The zero-order valence-electron chi connectivity index (χ0n) is 12.1. The minimum Gasteiger partial charge on any atom is -0.493 e. The Kier molecular flexibility index (Phi) is 5.07. The van der Waals surface area contributed by atoms with Crippen molar-refractivity contribution in [2.75, 3.05) is 14.2 Å². The number of methoxy groups -OCH3 is 2. The summed E-state index contributed by atoms with van der Waals surface area (Å²) in [4.78, 5) is 21.7. The summed E-state index contributed by atoms with van der Waals surface area (Å²) < 4.78 is 89.2. The highest BCUT2D eigenvalue weighted by molar-refractivity contribution is 6.03. The maximum Gasteiger partial charge on any atom is 0.411 e. The number of carboxylic acids is 1. The average Bonchev–Trinajstić information content (AvgIpc) is 2.52. The Hall–Kier alpha value is -2.46. The number of hydrogen-bond acceptors (Lipinski definition) is 4. The number of aliphatic carboxylic acids is 1. The third kappa shape index (κ3) is 2.85. The number of carbonyl (C=O) groups excluding carboxylic acids is 1. The van der Waals surface area contributed by atoms with Crippen molar-refractivity contribution in [2.24, 2.45) is 0 Å². The fourth-order valence-electron chi connectivity index (χ4n) is 1.63. The van der Waals surface area contributed by atoms with Gasteiger partial charge in [0.25, 0.3) is 0 Å². The van der Waals surface area contributed by atoms with Crippen molar-refractivity contribution in [2.45, 2.75) is 17.8 Å². The SMILES string of the molecule is COc1ccc(C(=O)C(F)(F)C(F)(F)C(F)(F)C(=O)O)cc1OC. The molecule has 1 aromatic carbocycles. The summed E-state index contributed by atoms with van der Waals surface area (Å²) in [7, 11) is 2.22. The summed E-state index contributed by atoms with van der Waals surface area (Å²) in [5.74, 6) is -25.2. The van der Waals surface area contributed by atoms with E-state index in [-0.39, 0.29) is 11.5 Å². The van der Waals surface area contributed by atoms with Crippen LogP contribution in [0.1, 0.15) is 10.4 Å². The molecular weight excluding hydrogens is 350 g/mol. The van der Waals surface area contributed by atoms with E-state index in [4.69, 9.17) is 9.84 Å². The van der Waals surface area contributed by atoms with Crippen LogP contribution in [0.2, 0.25) is 0 Å². The van der Waals surface area contributed by atoms with Crippen LogP contribution >= 0.6 is 0 Å². The lowest BCUT2D eigenvalue weighted by Gasteiger charge is -2.29. The van der Waals surface area contributed by atoms with Gasteiger partial charge in [-0.25, -0.2) is 4.79 Å². The number of ether oxygens (including phenoxy) is 2. The van der Waals surface area contributed by atoms with Gasteiger partial charge in [-0.3, -0.25) is 4.79 Å². The summed E-state index contributed by atoms with van der Waals surface area (Å²) in [6.07, 6.45) is 0. The van der Waals surface area contributed by atoms with Crippen LogP contribution in [0.15, 0.2) is 18.2 Å². The molecule has 0 unspecified atom stereocenters. The van der Waals surface area contributed by atoms with Gasteiger partial charge in [-0.05, 0) is 18.2 Å². The molecule has 0 fully saturated rings. The molecule has 0 aliphatic rings. The van der Waals surface area contributed by atoms with Crippen LogP contribution in [0.25, 0.3) is 0 Å². The molecule has 0 heterocycles. The maximum atomic E-state index is 13.6. The summed E-state index contributed by atoms with van der Waals surface area (Å²) in [5, 5.41) is 8.03. The molecule has 11 heteroatoms. The molecule has 24 heavy (non-hydrogen) atoms. The standard InChI is InChI=1S/C13H10F6O5/c1-23-7-4-3-6(5-8(7)24-2)9(20)11(14,15)13(18,19)12(16,17)10(21)22/h3-5H,1-2H3,(H,21,22). The lowest BCUT2D eigenvalue weighted by atomic mass is 9.96. The second-order valence-electron chi connectivity index (χ2n) is 4.43. The Bertz CT molecular complexity index is 658. The predicted molar refractivity (Wildman–Crippen MR) is 66.4 cm³/mol. The minimum absolute atomic E-state index is 0.0417. The van der Waals surface area contributed by atoms with Gasteiger partial charge in [-0.1, -0.05) is 0 Å². The molecule has 1 rings (SSSR count). The van der Waals surface area contributed by atoms with E-state index in [1.54, 1.807) is 0 Å². The van der Waals surface area contributed by atoms with Gasteiger partial charge in [0.1, 0.15) is 0 Å². The average molecular weight is 360 g/mol. The van der Waals surface area contributed by atoms with Crippen LogP contribution in [0, 0.1) is 0 Å². The monoisotopic (exact) mass is 360 g/mol. The Balaban J connectivity index is 3.38. The largest absolute Gasteiger partial charge is 0.493 e. The third-order valence-electron chi connectivity index (χ3n) is 2.99. The van der Waals surface area contributed by atoms with Gasteiger partial charge >= 0.3 is 23.7 Å². The van der Waals surface area contributed by atoms with E-state index in [1.807, 2.05) is 0 Å². The molecule has 0 atom stereocenters. The van der Waals surface area contributed by atoms with Crippen LogP contribution in [0.4, 0.5) is 26.3 Å². The van der Waals surface area contributed by atoms with Crippen LogP contribution < -0.4 is 9.47 Å². The smallest absolute Gasteiger partial charge is 0.411 e. The second-order valence-corrected chi connectivity index (χ2v) is 4.43. The number of Topliss-reactive ketones (excluding diaryl/α,β-unsaturated/α-hetero) is 1. The number of carbonyl (C=O) groups is 2.